The first-order chi connectivity index (χ1) is 9.84. The molecule has 0 radical (unpaired) electrons. The van der Waals surface area contributed by atoms with E-state index >= 15 is 0 Å². The molecule has 6 nitrogen and oxygen atoms in total. The Morgan fingerprint density at radius 3 is 2.52 bits per heavy atom. The van der Waals surface area contributed by atoms with Crippen molar-refractivity contribution in [2.75, 3.05) is 41.9 Å². The molecular weight excluding hydrogens is 288 g/mol. The fourth-order valence-corrected chi connectivity index (χ4v) is 3.75. The van der Waals surface area contributed by atoms with Crippen molar-refractivity contribution in [2.45, 2.75) is 33.1 Å². The minimum Gasteiger partial charge on any atom is -0.373 e. The highest BCUT2D eigenvalue weighted by Crippen LogP contribution is 2.26. The van der Waals surface area contributed by atoms with Crippen molar-refractivity contribution in [3.63, 3.8) is 0 Å². The second-order valence-corrected chi connectivity index (χ2v) is 8.08. The lowest BCUT2D eigenvalue weighted by Crippen LogP contribution is -2.29. The van der Waals surface area contributed by atoms with Gasteiger partial charge in [-0.2, -0.15) is 0 Å². The largest absolute Gasteiger partial charge is 0.373 e. The Balaban J connectivity index is 2.40. The van der Waals surface area contributed by atoms with E-state index in [0.717, 1.165) is 29.6 Å². The summed E-state index contributed by atoms with van der Waals surface area (Å²) in [6.07, 6.45) is 0.650. The third-order valence-corrected chi connectivity index (χ3v) is 5.46. The van der Waals surface area contributed by atoms with Crippen molar-refractivity contribution in [1.82, 2.24) is 9.97 Å². The second-order valence-electron chi connectivity index (χ2n) is 5.78. The summed E-state index contributed by atoms with van der Waals surface area (Å²) in [6, 6.07) is 0. The topological polar surface area (TPSA) is 75.2 Å². The van der Waals surface area contributed by atoms with Gasteiger partial charge in [-0.05, 0) is 13.3 Å². The van der Waals surface area contributed by atoms with Crippen molar-refractivity contribution in [1.29, 1.82) is 0 Å². The van der Waals surface area contributed by atoms with Gasteiger partial charge in [-0.15, -0.1) is 0 Å². The zero-order valence-electron chi connectivity index (χ0n) is 13.2. The van der Waals surface area contributed by atoms with Crippen LogP contribution in [0.1, 0.15) is 37.6 Å². The van der Waals surface area contributed by atoms with Gasteiger partial charge in [-0.25, -0.2) is 18.4 Å². The highest BCUT2D eigenvalue weighted by atomic mass is 32.2. The van der Waals surface area contributed by atoms with Crippen LogP contribution in [0.2, 0.25) is 0 Å². The summed E-state index contributed by atoms with van der Waals surface area (Å²) in [5.74, 6) is 3.15. The second kappa shape index (κ2) is 6.17. The van der Waals surface area contributed by atoms with Crippen LogP contribution in [0.25, 0.3) is 0 Å². The maximum Gasteiger partial charge on any atom is 0.152 e. The molecule has 1 saturated heterocycles. The molecule has 0 atom stereocenters. The van der Waals surface area contributed by atoms with E-state index in [4.69, 9.17) is 0 Å². The van der Waals surface area contributed by atoms with Gasteiger partial charge in [0.1, 0.15) is 17.5 Å². The van der Waals surface area contributed by atoms with Gasteiger partial charge in [0.2, 0.25) is 0 Å². The predicted octanol–water partition coefficient (Wildman–Crippen LogP) is 1.58. The SMILES string of the molecule is CNc1nc(C(C)C)nc(N2CCCS(=O)(=O)CC2)c1C. The molecule has 0 bridgehead atoms. The van der Waals surface area contributed by atoms with Gasteiger partial charge in [0.15, 0.2) is 9.84 Å². The average Bonchev–Trinajstić information content (AvgIpc) is 2.60. The van der Waals surface area contributed by atoms with Crippen LogP contribution >= 0.6 is 0 Å². The summed E-state index contributed by atoms with van der Waals surface area (Å²) >= 11 is 0. The first-order valence-corrected chi connectivity index (χ1v) is 9.18. The quantitative estimate of drug-likeness (QED) is 0.913. The normalized spacial score (nSPS) is 18.6. The third-order valence-electron chi connectivity index (χ3n) is 3.75. The highest BCUT2D eigenvalue weighted by Gasteiger charge is 2.23. The lowest BCUT2D eigenvalue weighted by molar-refractivity contribution is 0.597. The Hall–Kier alpha value is -1.37. The van der Waals surface area contributed by atoms with E-state index < -0.39 is 9.84 Å². The van der Waals surface area contributed by atoms with Crippen LogP contribution in [0.5, 0.6) is 0 Å². The van der Waals surface area contributed by atoms with E-state index in [-0.39, 0.29) is 17.4 Å². The molecule has 1 aromatic heterocycles. The highest BCUT2D eigenvalue weighted by molar-refractivity contribution is 7.91. The zero-order chi connectivity index (χ0) is 15.6. The Bertz CT molecular complexity index is 614. The number of hydrogen-bond acceptors (Lipinski definition) is 6. The summed E-state index contributed by atoms with van der Waals surface area (Å²) in [6.45, 7) is 7.31. The van der Waals surface area contributed by atoms with Crippen LogP contribution in [0, 0.1) is 6.92 Å². The van der Waals surface area contributed by atoms with E-state index in [9.17, 15) is 8.42 Å². The van der Waals surface area contributed by atoms with Crippen LogP contribution in [0.4, 0.5) is 11.6 Å². The molecule has 0 saturated carbocycles. The average molecular weight is 312 g/mol. The van der Waals surface area contributed by atoms with E-state index in [1.54, 1.807) is 0 Å². The molecular formula is C14H24N4O2S. The van der Waals surface area contributed by atoms with Gasteiger partial charge in [0, 0.05) is 31.6 Å². The number of aromatic nitrogens is 2. The molecule has 118 valence electrons. The molecule has 0 aromatic carbocycles. The predicted molar refractivity (Wildman–Crippen MR) is 85.9 cm³/mol. The molecule has 1 aromatic rings. The van der Waals surface area contributed by atoms with Crippen molar-refractivity contribution < 1.29 is 8.42 Å². The summed E-state index contributed by atoms with van der Waals surface area (Å²) in [5, 5.41) is 3.11. The molecule has 1 aliphatic rings. The number of nitrogens with zero attached hydrogens (tertiary/aromatic N) is 3. The van der Waals surface area contributed by atoms with Gasteiger partial charge in [-0.3, -0.25) is 0 Å². The van der Waals surface area contributed by atoms with E-state index in [0.29, 0.717) is 13.0 Å². The Kier molecular flexibility index (Phi) is 4.70. The lowest BCUT2D eigenvalue weighted by Gasteiger charge is -2.25. The molecule has 1 aliphatic heterocycles. The molecule has 2 rings (SSSR count). The summed E-state index contributed by atoms with van der Waals surface area (Å²) in [4.78, 5) is 11.3. The number of anilines is 2. The lowest BCUT2D eigenvalue weighted by atomic mass is 10.2. The molecule has 0 unspecified atom stereocenters. The number of hydrogen-bond donors (Lipinski definition) is 1. The molecule has 0 spiro atoms. The molecule has 7 heteroatoms. The van der Waals surface area contributed by atoms with Gasteiger partial charge in [0.25, 0.3) is 0 Å². The Morgan fingerprint density at radius 1 is 1.19 bits per heavy atom. The number of rotatable bonds is 3. The van der Waals surface area contributed by atoms with Gasteiger partial charge in [0.05, 0.1) is 11.5 Å². The maximum atomic E-state index is 11.8. The third kappa shape index (κ3) is 3.64. The fourth-order valence-electron chi connectivity index (χ4n) is 2.48. The monoisotopic (exact) mass is 312 g/mol. The van der Waals surface area contributed by atoms with Crippen molar-refractivity contribution in [3.8, 4) is 0 Å². The van der Waals surface area contributed by atoms with Crippen molar-refractivity contribution in [3.05, 3.63) is 11.4 Å². The number of nitrogens with one attached hydrogen (secondary N) is 1. The summed E-state index contributed by atoms with van der Waals surface area (Å²) < 4.78 is 23.5. The fraction of sp³-hybridized carbons (Fsp3) is 0.714. The van der Waals surface area contributed by atoms with E-state index in [2.05, 4.69) is 34.0 Å². The maximum absolute atomic E-state index is 11.8. The van der Waals surface area contributed by atoms with Crippen molar-refractivity contribution >= 4 is 21.5 Å². The van der Waals surface area contributed by atoms with E-state index in [1.165, 1.54) is 0 Å². The first-order valence-electron chi connectivity index (χ1n) is 7.35. The van der Waals surface area contributed by atoms with Crippen LogP contribution < -0.4 is 10.2 Å². The van der Waals surface area contributed by atoms with Crippen LogP contribution in [0.15, 0.2) is 0 Å². The summed E-state index contributed by atoms with van der Waals surface area (Å²) in [7, 11) is -1.07. The van der Waals surface area contributed by atoms with Gasteiger partial charge in [-0.1, -0.05) is 13.8 Å². The van der Waals surface area contributed by atoms with Crippen molar-refractivity contribution in [2.24, 2.45) is 0 Å². The van der Waals surface area contributed by atoms with Crippen LogP contribution in [-0.2, 0) is 9.84 Å². The van der Waals surface area contributed by atoms with Gasteiger partial charge < -0.3 is 10.2 Å². The van der Waals surface area contributed by atoms with Crippen LogP contribution in [0.3, 0.4) is 0 Å². The zero-order valence-corrected chi connectivity index (χ0v) is 14.0. The minimum atomic E-state index is -2.92. The minimum absolute atomic E-state index is 0.197. The van der Waals surface area contributed by atoms with Gasteiger partial charge >= 0.3 is 0 Å². The molecule has 1 N–H and O–H groups in total. The standard InChI is InChI=1S/C14H24N4O2S/c1-10(2)12-16-13(15-4)11(3)14(17-12)18-6-5-8-21(19,20)9-7-18/h10H,5-9H2,1-4H3,(H,15,16,17). The molecule has 0 amide bonds. The first kappa shape index (κ1) is 16.0. The smallest absolute Gasteiger partial charge is 0.152 e. The molecule has 1 fully saturated rings. The van der Waals surface area contributed by atoms with E-state index in [1.807, 2.05) is 14.0 Å². The molecule has 21 heavy (non-hydrogen) atoms. The Morgan fingerprint density at radius 2 is 1.90 bits per heavy atom. The van der Waals surface area contributed by atoms with Crippen LogP contribution in [-0.4, -0.2) is 50.0 Å². The number of sulfone groups is 1. The summed E-state index contributed by atoms with van der Waals surface area (Å²) in [5.41, 5.74) is 0.973. The molecule has 2 heterocycles. The Labute approximate surface area is 126 Å². The molecule has 0 aliphatic carbocycles.